The standard InChI is InChI=1S/C18H17NO2Se/c1-13(14-8-4-2-5-9-14)17(20)19-16(12-21-18(19)22)15-10-6-3-7-11-15/h2-11,13,16H,12H2,1H3/t13-,16-/m0/s1. The fourth-order valence-electron chi connectivity index (χ4n) is 2.68. The number of nitrogens with zero attached hydrogens (tertiary/aromatic N) is 1. The van der Waals surface area contributed by atoms with Crippen LogP contribution in [0.2, 0.25) is 0 Å². The molecule has 1 aliphatic rings. The van der Waals surface area contributed by atoms with E-state index < -0.39 is 0 Å². The molecule has 3 rings (SSSR count). The minimum atomic E-state index is -0.211. The molecule has 0 bridgehead atoms. The van der Waals surface area contributed by atoms with E-state index in [-0.39, 0.29) is 17.9 Å². The number of rotatable bonds is 3. The number of hydrogen-bond acceptors (Lipinski definition) is 2. The van der Waals surface area contributed by atoms with Gasteiger partial charge in [-0.2, -0.15) is 0 Å². The van der Waals surface area contributed by atoms with Crippen molar-refractivity contribution in [3.05, 3.63) is 71.8 Å². The first-order valence-corrected chi connectivity index (χ1v) is 8.14. The summed E-state index contributed by atoms with van der Waals surface area (Å²) >= 11 is 2.88. The van der Waals surface area contributed by atoms with Crippen molar-refractivity contribution < 1.29 is 9.53 Å². The van der Waals surface area contributed by atoms with Gasteiger partial charge in [-0.15, -0.1) is 0 Å². The summed E-state index contributed by atoms with van der Waals surface area (Å²) in [6, 6.07) is 19.8. The van der Waals surface area contributed by atoms with E-state index in [1.165, 1.54) is 0 Å². The van der Waals surface area contributed by atoms with Gasteiger partial charge in [-0.3, -0.25) is 0 Å². The summed E-state index contributed by atoms with van der Waals surface area (Å²) in [5.41, 5.74) is 2.10. The van der Waals surface area contributed by atoms with Crippen LogP contribution in [-0.4, -0.2) is 37.7 Å². The summed E-state index contributed by atoms with van der Waals surface area (Å²) < 4.78 is 6.16. The predicted octanol–water partition coefficient (Wildman–Crippen LogP) is 2.65. The molecule has 1 heterocycles. The van der Waals surface area contributed by atoms with E-state index in [1.807, 2.05) is 67.6 Å². The second-order valence-corrected chi connectivity index (χ2v) is 6.08. The van der Waals surface area contributed by atoms with Gasteiger partial charge in [0, 0.05) is 0 Å². The molecule has 3 nitrogen and oxygen atoms in total. The van der Waals surface area contributed by atoms with Gasteiger partial charge < -0.3 is 0 Å². The van der Waals surface area contributed by atoms with Crippen LogP contribution in [0.3, 0.4) is 0 Å². The molecule has 0 aliphatic carbocycles. The van der Waals surface area contributed by atoms with E-state index in [1.54, 1.807) is 4.90 Å². The van der Waals surface area contributed by atoms with Crippen LogP contribution in [0.1, 0.15) is 30.0 Å². The van der Waals surface area contributed by atoms with E-state index >= 15 is 0 Å². The van der Waals surface area contributed by atoms with E-state index in [2.05, 4.69) is 15.6 Å². The van der Waals surface area contributed by atoms with Gasteiger partial charge in [-0.25, -0.2) is 0 Å². The predicted molar refractivity (Wildman–Crippen MR) is 87.6 cm³/mol. The number of ether oxygens (including phenoxy) is 1. The van der Waals surface area contributed by atoms with E-state index in [0.717, 1.165) is 11.1 Å². The Labute approximate surface area is 138 Å². The molecule has 0 N–H and O–H groups in total. The molecule has 0 aromatic heterocycles. The van der Waals surface area contributed by atoms with Crippen LogP contribution in [0, 0.1) is 0 Å². The van der Waals surface area contributed by atoms with Crippen molar-refractivity contribution in [2.45, 2.75) is 18.9 Å². The van der Waals surface area contributed by atoms with Gasteiger partial charge in [0.2, 0.25) is 0 Å². The Morgan fingerprint density at radius 1 is 1.14 bits per heavy atom. The van der Waals surface area contributed by atoms with Gasteiger partial charge in [0.05, 0.1) is 0 Å². The average molecular weight is 358 g/mol. The maximum atomic E-state index is 12.9. The van der Waals surface area contributed by atoms with Crippen molar-refractivity contribution in [3.63, 3.8) is 0 Å². The van der Waals surface area contributed by atoms with Crippen LogP contribution in [0.15, 0.2) is 60.7 Å². The van der Waals surface area contributed by atoms with E-state index in [0.29, 0.717) is 11.3 Å². The molecule has 112 valence electrons. The SMILES string of the molecule is C[C@H](C(=O)N1C(=[Se])OC[C@H]1c1ccccc1)c1ccccc1. The first kappa shape index (κ1) is 15.0. The van der Waals surface area contributed by atoms with Crippen molar-refractivity contribution in [3.8, 4) is 0 Å². The molecule has 4 heteroatoms. The first-order chi connectivity index (χ1) is 10.7. The van der Waals surface area contributed by atoms with Crippen LogP contribution in [0.5, 0.6) is 0 Å². The third-order valence-corrected chi connectivity index (χ3v) is 4.62. The third-order valence-electron chi connectivity index (χ3n) is 3.96. The fraction of sp³-hybridized carbons (Fsp3) is 0.222. The Kier molecular flexibility index (Phi) is 4.41. The molecule has 2 atom stereocenters. The molecule has 1 saturated heterocycles. The Bertz CT molecular complexity index is 672. The number of carbonyl (C=O) groups is 1. The van der Waals surface area contributed by atoms with Crippen molar-refractivity contribution in [2.24, 2.45) is 0 Å². The molecule has 2 aromatic rings. The molecule has 0 spiro atoms. The third kappa shape index (κ3) is 2.85. The molecule has 1 aliphatic heterocycles. The van der Waals surface area contributed by atoms with E-state index in [4.69, 9.17) is 4.74 Å². The normalized spacial score (nSPS) is 18.9. The summed E-state index contributed by atoms with van der Waals surface area (Å²) in [6.45, 7) is 2.42. The molecule has 22 heavy (non-hydrogen) atoms. The van der Waals surface area contributed by atoms with Crippen LogP contribution in [0.25, 0.3) is 0 Å². The maximum absolute atomic E-state index is 12.9. The summed E-state index contributed by atoms with van der Waals surface area (Å²) in [5, 5.41) is 0. The van der Waals surface area contributed by atoms with Crippen LogP contribution in [0.4, 0.5) is 0 Å². The fourth-order valence-corrected chi connectivity index (χ4v) is 3.28. The zero-order valence-electron chi connectivity index (χ0n) is 12.3. The quantitative estimate of drug-likeness (QED) is 0.790. The van der Waals surface area contributed by atoms with Crippen LogP contribution >= 0.6 is 0 Å². The molecule has 1 amide bonds. The van der Waals surface area contributed by atoms with E-state index in [9.17, 15) is 4.79 Å². The zero-order chi connectivity index (χ0) is 15.5. The van der Waals surface area contributed by atoms with Gasteiger partial charge in [-0.1, -0.05) is 0 Å². The number of benzene rings is 2. The number of hydrogen-bond donors (Lipinski definition) is 0. The topological polar surface area (TPSA) is 29.5 Å². The van der Waals surface area contributed by atoms with Crippen molar-refractivity contribution in [1.82, 2.24) is 4.90 Å². The van der Waals surface area contributed by atoms with Gasteiger partial charge in [0.1, 0.15) is 0 Å². The molecule has 0 saturated carbocycles. The summed E-state index contributed by atoms with van der Waals surface area (Å²) in [6.07, 6.45) is 0. The van der Waals surface area contributed by atoms with Crippen LogP contribution < -0.4 is 0 Å². The van der Waals surface area contributed by atoms with Gasteiger partial charge >= 0.3 is 138 Å². The van der Waals surface area contributed by atoms with Gasteiger partial charge in [-0.05, 0) is 0 Å². The summed E-state index contributed by atoms with van der Waals surface area (Å²) in [4.78, 5) is 14.7. The Balaban J connectivity index is 1.88. The monoisotopic (exact) mass is 359 g/mol. The zero-order valence-corrected chi connectivity index (χ0v) is 14.0. The average Bonchev–Trinajstić information content (AvgIpc) is 2.96. The molecule has 1 fully saturated rings. The van der Waals surface area contributed by atoms with Crippen molar-refractivity contribution in [1.29, 1.82) is 0 Å². The molecule has 2 aromatic carbocycles. The van der Waals surface area contributed by atoms with Gasteiger partial charge in [0.15, 0.2) is 0 Å². The van der Waals surface area contributed by atoms with Crippen molar-refractivity contribution >= 4 is 26.2 Å². The molecule has 0 radical (unpaired) electrons. The molecular weight excluding hydrogens is 341 g/mol. The summed E-state index contributed by atoms with van der Waals surface area (Å²) in [7, 11) is 0. The van der Waals surface area contributed by atoms with Crippen molar-refractivity contribution in [2.75, 3.05) is 6.61 Å². The second-order valence-electron chi connectivity index (χ2n) is 5.34. The Morgan fingerprint density at radius 2 is 1.73 bits per heavy atom. The molecular formula is C18H17NO2Se. The summed E-state index contributed by atoms with van der Waals surface area (Å²) in [5.74, 6) is -0.163. The number of carbonyl (C=O) groups excluding carboxylic acids is 1. The van der Waals surface area contributed by atoms with Crippen LogP contribution in [-0.2, 0) is 9.53 Å². The minimum absolute atomic E-state index is 0.0475. The Hall–Kier alpha value is -1.90. The number of amides is 1. The van der Waals surface area contributed by atoms with Gasteiger partial charge in [0.25, 0.3) is 0 Å². The molecule has 0 unspecified atom stereocenters. The Morgan fingerprint density at radius 3 is 2.36 bits per heavy atom. The second kappa shape index (κ2) is 6.47. The first-order valence-electron chi connectivity index (χ1n) is 7.28.